The molecule has 8 nitrogen and oxygen atoms in total. The van der Waals surface area contributed by atoms with E-state index in [1.54, 1.807) is 5.38 Å². The van der Waals surface area contributed by atoms with Crippen LogP contribution in [0.2, 0.25) is 0 Å². The van der Waals surface area contributed by atoms with Gasteiger partial charge in [-0.1, -0.05) is 0 Å². The van der Waals surface area contributed by atoms with Crippen LogP contribution >= 0.6 is 23.6 Å². The molecule has 0 saturated carbocycles. The minimum absolute atomic E-state index is 0.105. The van der Waals surface area contributed by atoms with Crippen molar-refractivity contribution in [2.45, 2.75) is 44.1 Å². The number of likely N-dealkylation sites (tertiary alicyclic amines) is 1. The van der Waals surface area contributed by atoms with Gasteiger partial charge in [0.1, 0.15) is 11.7 Å². The molecule has 4 rings (SSSR count). The molecule has 34 heavy (non-hydrogen) atoms. The standard InChI is InChI=1S/C24H32N6O2S2/c1-29(2)18-8-6-17(7-9-18)26-24(33)30-13-10-16(11-14-30)23-28-20(15-34-23)22(32)27-19-5-3-4-12-25-21(19)31/h6-9,15-16,19H,3-5,10-14H2,1-2H3,(H,25,31)(H,26,33)(H,27,32). The summed E-state index contributed by atoms with van der Waals surface area (Å²) >= 11 is 7.16. The highest BCUT2D eigenvalue weighted by Crippen LogP contribution is 2.31. The van der Waals surface area contributed by atoms with Gasteiger partial charge in [0.15, 0.2) is 5.11 Å². The van der Waals surface area contributed by atoms with Crippen LogP contribution in [0.4, 0.5) is 11.4 Å². The van der Waals surface area contributed by atoms with Crippen LogP contribution in [-0.2, 0) is 4.79 Å². The molecule has 2 saturated heterocycles. The fourth-order valence-corrected chi connectivity index (χ4v) is 5.54. The van der Waals surface area contributed by atoms with Crippen molar-refractivity contribution < 1.29 is 9.59 Å². The lowest BCUT2D eigenvalue weighted by Crippen LogP contribution is -2.45. The number of aromatic nitrogens is 1. The third-order valence-electron chi connectivity index (χ3n) is 6.36. The first kappa shape index (κ1) is 24.4. The zero-order chi connectivity index (χ0) is 24.1. The Morgan fingerprint density at radius 2 is 1.91 bits per heavy atom. The van der Waals surface area contributed by atoms with E-state index in [9.17, 15) is 9.59 Å². The van der Waals surface area contributed by atoms with Crippen molar-refractivity contribution in [3.8, 4) is 0 Å². The van der Waals surface area contributed by atoms with Crippen molar-refractivity contribution in [3.05, 3.63) is 40.3 Å². The maximum Gasteiger partial charge on any atom is 0.271 e. The summed E-state index contributed by atoms with van der Waals surface area (Å²) in [4.78, 5) is 33.6. The molecule has 2 fully saturated rings. The number of rotatable bonds is 5. The van der Waals surface area contributed by atoms with E-state index in [4.69, 9.17) is 12.2 Å². The number of hydrogen-bond donors (Lipinski definition) is 3. The number of amides is 2. The van der Waals surface area contributed by atoms with Crippen LogP contribution in [0, 0.1) is 0 Å². The third kappa shape index (κ3) is 6.04. The van der Waals surface area contributed by atoms with Crippen LogP contribution in [0.3, 0.4) is 0 Å². The number of hydrogen-bond acceptors (Lipinski definition) is 6. The molecule has 1 atom stereocenters. The van der Waals surface area contributed by atoms with E-state index < -0.39 is 6.04 Å². The van der Waals surface area contributed by atoms with Gasteiger partial charge in [-0.2, -0.15) is 0 Å². The third-order valence-corrected chi connectivity index (χ3v) is 7.73. The lowest BCUT2D eigenvalue weighted by atomic mass is 9.98. The summed E-state index contributed by atoms with van der Waals surface area (Å²) in [7, 11) is 4.04. The summed E-state index contributed by atoms with van der Waals surface area (Å²) < 4.78 is 0. The molecule has 3 heterocycles. The molecule has 0 radical (unpaired) electrons. The van der Waals surface area contributed by atoms with Crippen molar-refractivity contribution in [2.24, 2.45) is 0 Å². The second-order valence-electron chi connectivity index (χ2n) is 9.02. The molecule has 1 unspecified atom stereocenters. The van der Waals surface area contributed by atoms with Gasteiger partial charge in [-0.3, -0.25) is 9.59 Å². The number of carbonyl (C=O) groups excluding carboxylic acids is 2. The van der Waals surface area contributed by atoms with Crippen LogP contribution in [0.5, 0.6) is 0 Å². The second kappa shape index (κ2) is 11.1. The molecule has 2 aliphatic rings. The van der Waals surface area contributed by atoms with Crippen molar-refractivity contribution in [1.29, 1.82) is 0 Å². The van der Waals surface area contributed by atoms with Crippen molar-refractivity contribution in [1.82, 2.24) is 20.5 Å². The van der Waals surface area contributed by atoms with Crippen LogP contribution in [-0.4, -0.2) is 66.6 Å². The topological polar surface area (TPSA) is 89.6 Å². The summed E-state index contributed by atoms with van der Waals surface area (Å²) in [5, 5.41) is 12.6. The monoisotopic (exact) mass is 500 g/mol. The molecule has 1 aromatic carbocycles. The lowest BCUT2D eigenvalue weighted by Gasteiger charge is -2.33. The Labute approximate surface area is 210 Å². The Kier molecular flexibility index (Phi) is 7.99. The number of thiocarbonyl (C=S) groups is 1. The molecule has 0 aliphatic carbocycles. The summed E-state index contributed by atoms with van der Waals surface area (Å²) in [6, 6.07) is 7.73. The van der Waals surface area contributed by atoms with Crippen LogP contribution in [0.25, 0.3) is 0 Å². The molecule has 0 bridgehead atoms. The summed E-state index contributed by atoms with van der Waals surface area (Å²) in [5.41, 5.74) is 2.53. The van der Waals surface area contributed by atoms with Gasteiger partial charge in [0.2, 0.25) is 5.91 Å². The van der Waals surface area contributed by atoms with Gasteiger partial charge in [-0.15, -0.1) is 11.3 Å². The predicted octanol–water partition coefficient (Wildman–Crippen LogP) is 3.18. The Bertz CT molecular complexity index is 1010. The van der Waals surface area contributed by atoms with Gasteiger partial charge >= 0.3 is 0 Å². The highest BCUT2D eigenvalue weighted by Gasteiger charge is 2.27. The summed E-state index contributed by atoms with van der Waals surface area (Å²) in [5.74, 6) is -0.0642. The van der Waals surface area contributed by atoms with Crippen LogP contribution < -0.4 is 20.9 Å². The Morgan fingerprint density at radius 1 is 1.18 bits per heavy atom. The Balaban J connectivity index is 1.27. The van der Waals surface area contributed by atoms with E-state index in [1.807, 2.05) is 26.2 Å². The molecule has 2 aliphatic heterocycles. The number of nitrogens with one attached hydrogen (secondary N) is 3. The molecular weight excluding hydrogens is 468 g/mol. The van der Waals surface area contributed by atoms with Gasteiger partial charge < -0.3 is 25.8 Å². The average molecular weight is 501 g/mol. The van der Waals surface area contributed by atoms with E-state index in [2.05, 4.69) is 42.9 Å². The fourth-order valence-electron chi connectivity index (χ4n) is 4.26. The highest BCUT2D eigenvalue weighted by molar-refractivity contribution is 7.80. The molecular formula is C24H32N6O2S2. The zero-order valence-electron chi connectivity index (χ0n) is 19.7. The Hall–Kier alpha value is -2.72. The Morgan fingerprint density at radius 3 is 2.62 bits per heavy atom. The van der Waals surface area contributed by atoms with Crippen molar-refractivity contribution in [2.75, 3.05) is 43.9 Å². The molecule has 2 aromatic rings. The van der Waals surface area contributed by atoms with Gasteiger partial charge in [0, 0.05) is 56.4 Å². The number of thiazole rings is 1. The van der Waals surface area contributed by atoms with E-state index in [0.29, 0.717) is 24.6 Å². The second-order valence-corrected chi connectivity index (χ2v) is 10.3. The number of piperidine rings is 1. The molecule has 3 N–H and O–H groups in total. The van der Waals surface area contributed by atoms with Gasteiger partial charge in [-0.25, -0.2) is 4.98 Å². The molecule has 10 heteroatoms. The van der Waals surface area contributed by atoms with Gasteiger partial charge in [0.25, 0.3) is 5.91 Å². The predicted molar refractivity (Wildman–Crippen MR) is 141 cm³/mol. The van der Waals surface area contributed by atoms with Gasteiger partial charge in [0.05, 0.1) is 5.01 Å². The van der Waals surface area contributed by atoms with E-state index >= 15 is 0 Å². The maximum absolute atomic E-state index is 12.7. The molecule has 0 spiro atoms. The molecule has 182 valence electrons. The highest BCUT2D eigenvalue weighted by atomic mass is 32.1. The van der Waals surface area contributed by atoms with Crippen LogP contribution in [0.1, 0.15) is 53.5 Å². The number of anilines is 2. The van der Waals surface area contributed by atoms with Gasteiger partial charge in [-0.05, 0) is 68.6 Å². The minimum Gasteiger partial charge on any atom is -0.378 e. The van der Waals surface area contributed by atoms with Crippen LogP contribution in [0.15, 0.2) is 29.6 Å². The van der Waals surface area contributed by atoms with Crippen molar-refractivity contribution in [3.63, 3.8) is 0 Å². The largest absolute Gasteiger partial charge is 0.378 e. The quantitative estimate of drug-likeness (QED) is 0.544. The maximum atomic E-state index is 12.7. The summed E-state index contributed by atoms with van der Waals surface area (Å²) in [6.45, 7) is 2.36. The number of carbonyl (C=O) groups is 2. The van der Waals surface area contributed by atoms with Crippen molar-refractivity contribution >= 4 is 51.9 Å². The number of benzene rings is 1. The SMILES string of the molecule is CN(C)c1ccc(NC(=S)N2CCC(c3nc(C(=O)NC4CCCCNC4=O)cs3)CC2)cc1. The first-order valence-electron chi connectivity index (χ1n) is 11.8. The minimum atomic E-state index is -0.476. The fraction of sp³-hybridized carbons (Fsp3) is 0.500. The average Bonchev–Trinajstić information content (AvgIpc) is 3.25. The lowest BCUT2D eigenvalue weighted by molar-refractivity contribution is -0.122. The smallest absolute Gasteiger partial charge is 0.271 e. The molecule has 1 aromatic heterocycles. The first-order valence-corrected chi connectivity index (χ1v) is 13.1. The first-order chi connectivity index (χ1) is 16.4. The zero-order valence-corrected chi connectivity index (χ0v) is 21.3. The van der Waals surface area contributed by atoms with E-state index in [-0.39, 0.29) is 11.8 Å². The van der Waals surface area contributed by atoms with E-state index in [1.165, 1.54) is 11.3 Å². The summed E-state index contributed by atoms with van der Waals surface area (Å²) in [6.07, 6.45) is 4.39. The normalized spacial score (nSPS) is 19.2. The molecule has 2 amide bonds. The number of nitrogens with zero attached hydrogens (tertiary/aromatic N) is 3. The van der Waals surface area contributed by atoms with E-state index in [0.717, 1.165) is 60.3 Å².